The fraction of sp³-hybridized carbons (Fsp3) is 0.333. The highest BCUT2D eigenvalue weighted by atomic mass is 19.1. The number of aliphatic hydroxyl groups is 1. The Morgan fingerprint density at radius 1 is 1.42 bits per heavy atom. The smallest absolute Gasteiger partial charge is 0.331 e. The van der Waals surface area contributed by atoms with Crippen LogP contribution < -0.4 is 5.32 Å². The molecule has 0 aliphatic heterocycles. The van der Waals surface area contributed by atoms with Crippen molar-refractivity contribution in [1.82, 2.24) is 5.32 Å². The van der Waals surface area contributed by atoms with Gasteiger partial charge in [0.15, 0.2) is 6.04 Å². The number of esters is 1. The SMILES string of the molecule is CCOC(=O)C(NC=O)C(O)c1cc(F)cc(F)c1. The third-order valence-corrected chi connectivity index (χ3v) is 2.33. The number of benzene rings is 1. The van der Waals surface area contributed by atoms with Crippen molar-refractivity contribution in [2.75, 3.05) is 6.61 Å². The van der Waals surface area contributed by atoms with Gasteiger partial charge in [-0.1, -0.05) is 0 Å². The lowest BCUT2D eigenvalue weighted by molar-refractivity contribution is -0.149. The number of carbonyl (C=O) groups is 2. The van der Waals surface area contributed by atoms with Crippen LogP contribution in [0.3, 0.4) is 0 Å². The fourth-order valence-corrected chi connectivity index (χ4v) is 1.53. The maximum atomic E-state index is 13.0. The molecule has 1 rings (SSSR count). The first kappa shape index (κ1) is 15.0. The van der Waals surface area contributed by atoms with Gasteiger partial charge in [-0.05, 0) is 24.6 Å². The van der Waals surface area contributed by atoms with Crippen LogP contribution in [0.5, 0.6) is 0 Å². The Balaban J connectivity index is 3.00. The molecule has 0 radical (unpaired) electrons. The molecule has 2 unspecified atom stereocenters. The molecule has 0 aliphatic carbocycles. The molecule has 0 aliphatic rings. The average Bonchev–Trinajstić information content (AvgIpc) is 2.34. The van der Waals surface area contributed by atoms with Crippen LogP contribution in [-0.4, -0.2) is 30.1 Å². The second-order valence-corrected chi connectivity index (χ2v) is 3.66. The van der Waals surface area contributed by atoms with E-state index in [1.54, 1.807) is 6.92 Å². The van der Waals surface area contributed by atoms with Gasteiger partial charge in [-0.15, -0.1) is 0 Å². The zero-order valence-corrected chi connectivity index (χ0v) is 10.1. The summed E-state index contributed by atoms with van der Waals surface area (Å²) in [6.45, 7) is 1.59. The molecule has 0 fully saturated rings. The largest absolute Gasteiger partial charge is 0.464 e. The number of aliphatic hydroxyl groups excluding tert-OH is 1. The molecule has 0 saturated heterocycles. The van der Waals surface area contributed by atoms with Crippen molar-refractivity contribution in [2.24, 2.45) is 0 Å². The summed E-state index contributed by atoms with van der Waals surface area (Å²) in [4.78, 5) is 21.9. The van der Waals surface area contributed by atoms with E-state index >= 15 is 0 Å². The number of amides is 1. The summed E-state index contributed by atoms with van der Waals surface area (Å²) in [5.74, 6) is -2.70. The monoisotopic (exact) mass is 273 g/mol. The Bertz CT molecular complexity index is 447. The van der Waals surface area contributed by atoms with E-state index < -0.39 is 29.7 Å². The lowest BCUT2D eigenvalue weighted by Gasteiger charge is -2.20. The standard InChI is InChI=1S/C12H13F2NO4/c1-2-19-12(18)10(15-6-16)11(17)7-3-8(13)5-9(14)4-7/h3-6,10-11,17H,2H2,1H3,(H,15,16). The van der Waals surface area contributed by atoms with Gasteiger partial charge in [0.1, 0.15) is 17.7 Å². The predicted octanol–water partition coefficient (Wildman–Crippen LogP) is 0.676. The Hall–Kier alpha value is -2.02. The number of carbonyl (C=O) groups excluding carboxylic acids is 2. The lowest BCUT2D eigenvalue weighted by atomic mass is 10.0. The highest BCUT2D eigenvalue weighted by molar-refractivity contribution is 5.79. The highest BCUT2D eigenvalue weighted by Crippen LogP contribution is 2.20. The fourth-order valence-electron chi connectivity index (χ4n) is 1.53. The van der Waals surface area contributed by atoms with E-state index in [-0.39, 0.29) is 18.6 Å². The van der Waals surface area contributed by atoms with Gasteiger partial charge in [0.25, 0.3) is 0 Å². The second kappa shape index (κ2) is 6.79. The van der Waals surface area contributed by atoms with Gasteiger partial charge in [0.2, 0.25) is 6.41 Å². The molecule has 1 amide bonds. The summed E-state index contributed by atoms with van der Waals surface area (Å²) < 4.78 is 30.7. The van der Waals surface area contributed by atoms with E-state index in [1.165, 1.54) is 0 Å². The van der Waals surface area contributed by atoms with Crippen LogP contribution >= 0.6 is 0 Å². The van der Waals surface area contributed by atoms with Gasteiger partial charge < -0.3 is 15.2 Å². The predicted molar refractivity (Wildman–Crippen MR) is 60.9 cm³/mol. The molecule has 1 aromatic carbocycles. The van der Waals surface area contributed by atoms with Crippen LogP contribution in [-0.2, 0) is 14.3 Å². The average molecular weight is 273 g/mol. The molecular weight excluding hydrogens is 260 g/mol. The topological polar surface area (TPSA) is 75.6 Å². The van der Waals surface area contributed by atoms with E-state index in [1.807, 2.05) is 0 Å². The zero-order chi connectivity index (χ0) is 14.4. The van der Waals surface area contributed by atoms with Crippen molar-refractivity contribution < 1.29 is 28.2 Å². The number of ether oxygens (including phenoxy) is 1. The van der Waals surface area contributed by atoms with Crippen molar-refractivity contribution in [1.29, 1.82) is 0 Å². The quantitative estimate of drug-likeness (QED) is 0.590. The zero-order valence-electron chi connectivity index (χ0n) is 10.1. The minimum Gasteiger partial charge on any atom is -0.464 e. The maximum Gasteiger partial charge on any atom is 0.331 e. The van der Waals surface area contributed by atoms with Crippen molar-refractivity contribution in [3.63, 3.8) is 0 Å². The summed E-state index contributed by atoms with van der Waals surface area (Å²) in [7, 11) is 0. The summed E-state index contributed by atoms with van der Waals surface area (Å²) in [6, 6.07) is 0.931. The first-order chi connectivity index (χ1) is 8.99. The molecule has 0 heterocycles. The van der Waals surface area contributed by atoms with E-state index in [4.69, 9.17) is 0 Å². The van der Waals surface area contributed by atoms with E-state index in [0.29, 0.717) is 6.07 Å². The van der Waals surface area contributed by atoms with E-state index in [0.717, 1.165) is 12.1 Å². The molecule has 7 heteroatoms. The molecule has 2 N–H and O–H groups in total. The maximum absolute atomic E-state index is 13.0. The second-order valence-electron chi connectivity index (χ2n) is 3.66. The molecule has 0 spiro atoms. The lowest BCUT2D eigenvalue weighted by Crippen LogP contribution is -2.42. The van der Waals surface area contributed by atoms with Gasteiger partial charge in [0, 0.05) is 6.07 Å². The van der Waals surface area contributed by atoms with Gasteiger partial charge in [-0.3, -0.25) is 4.79 Å². The van der Waals surface area contributed by atoms with Gasteiger partial charge >= 0.3 is 5.97 Å². The number of nitrogens with one attached hydrogen (secondary N) is 1. The van der Waals surface area contributed by atoms with E-state index in [2.05, 4.69) is 10.1 Å². The van der Waals surface area contributed by atoms with Crippen molar-refractivity contribution in [2.45, 2.75) is 19.1 Å². The van der Waals surface area contributed by atoms with Crippen molar-refractivity contribution in [3.05, 3.63) is 35.4 Å². The van der Waals surface area contributed by atoms with E-state index in [9.17, 15) is 23.5 Å². The summed E-state index contributed by atoms with van der Waals surface area (Å²) in [5, 5.41) is 12.0. The van der Waals surface area contributed by atoms with Crippen LogP contribution in [0.1, 0.15) is 18.6 Å². The van der Waals surface area contributed by atoms with Crippen LogP contribution in [0.15, 0.2) is 18.2 Å². The molecule has 104 valence electrons. The molecule has 0 aromatic heterocycles. The molecule has 0 bridgehead atoms. The minimum absolute atomic E-state index is 0.0418. The molecule has 0 saturated carbocycles. The first-order valence-corrected chi connectivity index (χ1v) is 5.50. The summed E-state index contributed by atoms with van der Waals surface area (Å²) in [5.41, 5.74) is -0.176. The van der Waals surface area contributed by atoms with Crippen LogP contribution in [0.4, 0.5) is 8.78 Å². The Labute approximate surface area is 108 Å². The van der Waals surface area contributed by atoms with Crippen molar-refractivity contribution in [3.8, 4) is 0 Å². The Morgan fingerprint density at radius 2 is 2.00 bits per heavy atom. The number of hydrogen-bond acceptors (Lipinski definition) is 4. The molecular formula is C12H13F2NO4. The van der Waals surface area contributed by atoms with Gasteiger partial charge in [0.05, 0.1) is 6.61 Å². The molecule has 2 atom stereocenters. The molecule has 5 nitrogen and oxygen atoms in total. The number of halogens is 2. The molecule has 1 aromatic rings. The molecule has 19 heavy (non-hydrogen) atoms. The Morgan fingerprint density at radius 3 is 2.47 bits per heavy atom. The van der Waals surface area contributed by atoms with Gasteiger partial charge in [-0.25, -0.2) is 13.6 Å². The minimum atomic E-state index is -1.62. The summed E-state index contributed by atoms with van der Waals surface area (Å²) >= 11 is 0. The first-order valence-electron chi connectivity index (χ1n) is 5.50. The van der Waals surface area contributed by atoms with Crippen LogP contribution in [0, 0.1) is 11.6 Å². The number of rotatable bonds is 6. The van der Waals surface area contributed by atoms with Crippen molar-refractivity contribution >= 4 is 12.4 Å². The van der Waals surface area contributed by atoms with Crippen LogP contribution in [0.25, 0.3) is 0 Å². The third kappa shape index (κ3) is 3.99. The normalized spacial score (nSPS) is 13.5. The summed E-state index contributed by atoms with van der Waals surface area (Å²) in [6.07, 6.45) is -1.42. The Kier molecular flexibility index (Phi) is 5.37. The number of hydrogen-bond donors (Lipinski definition) is 2. The highest BCUT2D eigenvalue weighted by Gasteiger charge is 2.29. The van der Waals surface area contributed by atoms with Gasteiger partial charge in [-0.2, -0.15) is 0 Å². The van der Waals surface area contributed by atoms with Crippen LogP contribution in [0.2, 0.25) is 0 Å². The third-order valence-electron chi connectivity index (χ3n) is 2.33.